The molecule has 2 rings (SSSR count). The molecule has 2 N–H and O–H groups in total. The van der Waals surface area contributed by atoms with Gasteiger partial charge >= 0.3 is 0 Å². The van der Waals surface area contributed by atoms with Gasteiger partial charge in [-0.2, -0.15) is 0 Å². The van der Waals surface area contributed by atoms with Crippen LogP contribution in [0.3, 0.4) is 0 Å². The fourth-order valence-corrected chi connectivity index (χ4v) is 2.73. The number of benzene rings is 1. The Labute approximate surface area is 134 Å². The Morgan fingerprint density at radius 3 is 2.77 bits per heavy atom. The molecule has 6 nitrogen and oxygen atoms in total. The first-order valence-electron chi connectivity index (χ1n) is 6.99. The van der Waals surface area contributed by atoms with E-state index in [1.54, 1.807) is 4.90 Å². The normalized spacial score (nSPS) is 17.7. The molecule has 0 radical (unpaired) electrons. The highest BCUT2D eigenvalue weighted by Crippen LogP contribution is 2.24. The second-order valence-electron chi connectivity index (χ2n) is 5.18. The standard InChI is InChI=1S/C14H18FN3O3.ClH/c15-11-7-10(8-13(9-11)18(20)21)14(19)17-6-2-1-3-12(17)4-5-16;/h7-9,12H,1-6,16H2;1H. The Bertz CT molecular complexity index is 554. The van der Waals surface area contributed by atoms with E-state index in [4.69, 9.17) is 5.73 Å². The second kappa shape index (κ2) is 8.05. The molecule has 1 atom stereocenters. The molecule has 1 aromatic carbocycles. The van der Waals surface area contributed by atoms with Gasteiger partial charge in [0.05, 0.1) is 11.0 Å². The number of amides is 1. The van der Waals surface area contributed by atoms with Crippen molar-refractivity contribution in [3.63, 3.8) is 0 Å². The SMILES string of the molecule is Cl.NCCC1CCCCN1C(=O)c1cc(F)cc([N+](=O)[O-])c1. The van der Waals surface area contributed by atoms with E-state index in [9.17, 15) is 19.3 Å². The summed E-state index contributed by atoms with van der Waals surface area (Å²) in [6.07, 6.45) is 3.45. The van der Waals surface area contributed by atoms with Crippen LogP contribution in [-0.2, 0) is 0 Å². The van der Waals surface area contributed by atoms with E-state index in [0.717, 1.165) is 37.5 Å². The molecule has 0 bridgehead atoms. The first-order chi connectivity index (χ1) is 10.0. The van der Waals surface area contributed by atoms with Crippen LogP contribution in [0.2, 0.25) is 0 Å². The van der Waals surface area contributed by atoms with Crippen molar-refractivity contribution < 1.29 is 14.1 Å². The van der Waals surface area contributed by atoms with Crippen molar-refractivity contribution in [2.24, 2.45) is 5.73 Å². The number of piperidine rings is 1. The minimum absolute atomic E-state index is 0. The summed E-state index contributed by atoms with van der Waals surface area (Å²) in [7, 11) is 0. The molecule has 0 saturated carbocycles. The lowest BCUT2D eigenvalue weighted by atomic mass is 9.98. The highest BCUT2D eigenvalue weighted by Gasteiger charge is 2.28. The molecule has 8 heteroatoms. The summed E-state index contributed by atoms with van der Waals surface area (Å²) in [5, 5.41) is 10.8. The lowest BCUT2D eigenvalue weighted by Gasteiger charge is -2.35. The van der Waals surface area contributed by atoms with E-state index in [2.05, 4.69) is 0 Å². The van der Waals surface area contributed by atoms with Crippen molar-refractivity contribution in [3.8, 4) is 0 Å². The second-order valence-corrected chi connectivity index (χ2v) is 5.18. The Morgan fingerprint density at radius 2 is 2.14 bits per heavy atom. The van der Waals surface area contributed by atoms with Crippen molar-refractivity contribution >= 4 is 24.0 Å². The fourth-order valence-electron chi connectivity index (χ4n) is 2.73. The number of hydrogen-bond donors (Lipinski definition) is 1. The molecule has 1 heterocycles. The molecule has 1 unspecified atom stereocenters. The minimum Gasteiger partial charge on any atom is -0.336 e. The lowest BCUT2D eigenvalue weighted by molar-refractivity contribution is -0.385. The van der Waals surface area contributed by atoms with E-state index in [-0.39, 0.29) is 29.9 Å². The van der Waals surface area contributed by atoms with Crippen LogP contribution in [0.4, 0.5) is 10.1 Å². The molecule has 1 saturated heterocycles. The third kappa shape index (κ3) is 4.14. The summed E-state index contributed by atoms with van der Waals surface area (Å²) in [5.41, 5.74) is 5.17. The van der Waals surface area contributed by atoms with E-state index in [0.29, 0.717) is 19.5 Å². The Morgan fingerprint density at radius 1 is 1.41 bits per heavy atom. The molecule has 1 fully saturated rings. The lowest BCUT2D eigenvalue weighted by Crippen LogP contribution is -2.44. The van der Waals surface area contributed by atoms with Crippen LogP contribution in [0, 0.1) is 15.9 Å². The number of nitrogens with zero attached hydrogens (tertiary/aromatic N) is 2. The molecule has 122 valence electrons. The van der Waals surface area contributed by atoms with Crippen molar-refractivity contribution in [1.29, 1.82) is 0 Å². The van der Waals surface area contributed by atoms with Crippen molar-refractivity contribution in [1.82, 2.24) is 4.90 Å². The Balaban J connectivity index is 0.00000242. The Kier molecular flexibility index (Phi) is 6.70. The van der Waals surface area contributed by atoms with Gasteiger partial charge in [0.2, 0.25) is 0 Å². The molecule has 0 aliphatic carbocycles. The molecule has 0 aromatic heterocycles. The highest BCUT2D eigenvalue weighted by atomic mass is 35.5. The number of rotatable bonds is 4. The number of nitrogens with two attached hydrogens (primary N) is 1. The summed E-state index contributed by atoms with van der Waals surface area (Å²) in [4.78, 5) is 24.2. The number of likely N-dealkylation sites (tertiary alicyclic amines) is 1. The van der Waals surface area contributed by atoms with Crippen LogP contribution in [0.1, 0.15) is 36.0 Å². The maximum atomic E-state index is 13.5. The fraction of sp³-hybridized carbons (Fsp3) is 0.500. The van der Waals surface area contributed by atoms with Gasteiger partial charge in [-0.05, 0) is 38.3 Å². The van der Waals surface area contributed by atoms with Crippen LogP contribution in [0.25, 0.3) is 0 Å². The van der Waals surface area contributed by atoms with Crippen molar-refractivity contribution in [2.75, 3.05) is 13.1 Å². The molecular weight excluding hydrogens is 313 g/mol. The largest absolute Gasteiger partial charge is 0.336 e. The third-order valence-corrected chi connectivity index (χ3v) is 3.73. The Hall–Kier alpha value is -1.73. The first kappa shape index (κ1) is 18.3. The van der Waals surface area contributed by atoms with Gasteiger partial charge in [-0.15, -0.1) is 12.4 Å². The summed E-state index contributed by atoms with van der Waals surface area (Å²) < 4.78 is 13.5. The number of carbonyl (C=O) groups excluding carboxylic acids is 1. The highest BCUT2D eigenvalue weighted by molar-refractivity contribution is 5.95. The molecule has 1 aliphatic rings. The smallest absolute Gasteiger partial charge is 0.273 e. The number of halogens is 2. The third-order valence-electron chi connectivity index (χ3n) is 3.73. The van der Waals surface area contributed by atoms with Crippen LogP contribution in [-0.4, -0.2) is 34.9 Å². The van der Waals surface area contributed by atoms with E-state index in [1.165, 1.54) is 0 Å². The molecule has 22 heavy (non-hydrogen) atoms. The minimum atomic E-state index is -0.778. The van der Waals surface area contributed by atoms with Gasteiger partial charge in [0, 0.05) is 24.2 Å². The van der Waals surface area contributed by atoms with Crippen LogP contribution >= 0.6 is 12.4 Å². The number of non-ortho nitro benzene ring substituents is 1. The van der Waals surface area contributed by atoms with Crippen LogP contribution < -0.4 is 5.73 Å². The number of hydrogen-bond acceptors (Lipinski definition) is 4. The van der Waals surface area contributed by atoms with Gasteiger partial charge in [-0.25, -0.2) is 4.39 Å². The van der Waals surface area contributed by atoms with Gasteiger partial charge in [0.1, 0.15) is 5.82 Å². The van der Waals surface area contributed by atoms with Gasteiger partial charge < -0.3 is 10.6 Å². The summed E-state index contributed by atoms with van der Waals surface area (Å²) in [5.74, 6) is -1.14. The molecule has 1 aliphatic heterocycles. The number of nitro benzene ring substituents is 1. The molecule has 1 aromatic rings. The number of nitro groups is 1. The zero-order chi connectivity index (χ0) is 15.4. The van der Waals surface area contributed by atoms with Gasteiger partial charge in [-0.1, -0.05) is 0 Å². The summed E-state index contributed by atoms with van der Waals surface area (Å²) in [6, 6.07) is 3.01. The number of carbonyl (C=O) groups is 1. The van der Waals surface area contributed by atoms with Crippen LogP contribution in [0.15, 0.2) is 18.2 Å². The van der Waals surface area contributed by atoms with Gasteiger partial charge in [-0.3, -0.25) is 14.9 Å². The van der Waals surface area contributed by atoms with Crippen molar-refractivity contribution in [3.05, 3.63) is 39.7 Å². The predicted molar refractivity (Wildman–Crippen MR) is 82.6 cm³/mol. The van der Waals surface area contributed by atoms with E-state index < -0.39 is 16.4 Å². The molecule has 0 spiro atoms. The monoisotopic (exact) mass is 331 g/mol. The van der Waals surface area contributed by atoms with Crippen LogP contribution in [0.5, 0.6) is 0 Å². The molecule has 1 amide bonds. The predicted octanol–water partition coefficient (Wildman–Crippen LogP) is 2.50. The topological polar surface area (TPSA) is 89.5 Å². The zero-order valence-corrected chi connectivity index (χ0v) is 12.9. The quantitative estimate of drug-likeness (QED) is 0.678. The maximum Gasteiger partial charge on any atom is 0.273 e. The maximum absolute atomic E-state index is 13.5. The van der Waals surface area contributed by atoms with Crippen molar-refractivity contribution in [2.45, 2.75) is 31.7 Å². The average Bonchev–Trinajstić information content (AvgIpc) is 2.47. The van der Waals surface area contributed by atoms with Gasteiger partial charge in [0.25, 0.3) is 11.6 Å². The molecular formula is C14H19ClFN3O3. The van der Waals surface area contributed by atoms with E-state index >= 15 is 0 Å². The average molecular weight is 332 g/mol. The van der Waals surface area contributed by atoms with Gasteiger partial charge in [0.15, 0.2) is 0 Å². The first-order valence-corrected chi connectivity index (χ1v) is 6.99. The summed E-state index contributed by atoms with van der Waals surface area (Å²) >= 11 is 0. The summed E-state index contributed by atoms with van der Waals surface area (Å²) in [6.45, 7) is 1.05. The van der Waals surface area contributed by atoms with E-state index in [1.807, 2.05) is 0 Å². The zero-order valence-electron chi connectivity index (χ0n) is 12.0.